The number of amides is 1. The van der Waals surface area contributed by atoms with E-state index in [9.17, 15) is 15.0 Å². The first-order valence-corrected chi connectivity index (χ1v) is 23.7. The monoisotopic (exact) mass is 744 g/mol. The lowest BCUT2D eigenvalue weighted by atomic mass is 10.0. The van der Waals surface area contributed by atoms with E-state index in [2.05, 4.69) is 43.5 Å². The van der Waals surface area contributed by atoms with E-state index in [1.165, 1.54) is 193 Å². The Morgan fingerprint density at radius 2 is 0.736 bits per heavy atom. The summed E-state index contributed by atoms with van der Waals surface area (Å²) in [7, 11) is 0. The number of aliphatic hydroxyl groups excluding tert-OH is 2. The maximum atomic E-state index is 12.4. The fraction of sp³-hybridized carbons (Fsp3) is 0.857. The third-order valence-corrected chi connectivity index (χ3v) is 10.9. The molecule has 0 aromatic heterocycles. The Morgan fingerprint density at radius 3 is 1.09 bits per heavy atom. The summed E-state index contributed by atoms with van der Waals surface area (Å²) >= 11 is 0. The minimum absolute atomic E-state index is 0.0753. The van der Waals surface area contributed by atoms with Crippen molar-refractivity contribution in [1.82, 2.24) is 5.32 Å². The molecule has 0 fully saturated rings. The zero-order valence-corrected chi connectivity index (χ0v) is 35.8. The third-order valence-electron chi connectivity index (χ3n) is 10.9. The summed E-state index contributed by atoms with van der Waals surface area (Å²) in [6.45, 7) is 4.27. The van der Waals surface area contributed by atoms with E-state index in [1.807, 2.05) is 6.08 Å². The molecule has 2 unspecified atom stereocenters. The Labute approximate surface area is 331 Å². The molecule has 0 radical (unpaired) electrons. The molecule has 0 aromatic carbocycles. The van der Waals surface area contributed by atoms with Crippen molar-refractivity contribution in [3.8, 4) is 0 Å². The number of nitrogens with one attached hydrogen (secondary N) is 1. The minimum atomic E-state index is -0.866. The van der Waals surface area contributed by atoms with Gasteiger partial charge in [0, 0.05) is 6.42 Å². The average Bonchev–Trinajstić information content (AvgIpc) is 3.16. The number of allylic oxidation sites excluding steroid dienone is 5. The van der Waals surface area contributed by atoms with E-state index < -0.39 is 12.1 Å². The SMILES string of the molecule is CCCCC/C=C/CC/C=C/CC/C=C/C(O)C(CO)NC(=O)CCCCCCCCCCCCCCCCCCCCCCCCCCCCCC. The number of unbranched alkanes of at least 4 members (excludes halogenated alkanes) is 32. The number of rotatable bonds is 43. The van der Waals surface area contributed by atoms with Crippen molar-refractivity contribution in [2.24, 2.45) is 0 Å². The van der Waals surface area contributed by atoms with Crippen LogP contribution < -0.4 is 5.32 Å². The molecule has 4 nitrogen and oxygen atoms in total. The first kappa shape index (κ1) is 51.6. The highest BCUT2D eigenvalue weighted by Crippen LogP contribution is 2.16. The van der Waals surface area contributed by atoms with Crippen LogP contribution in [0, 0.1) is 0 Å². The summed E-state index contributed by atoms with van der Waals surface area (Å²) in [6, 6.07) is -0.641. The molecule has 4 heteroatoms. The van der Waals surface area contributed by atoms with Crippen LogP contribution in [0.15, 0.2) is 36.5 Å². The van der Waals surface area contributed by atoms with Gasteiger partial charge in [-0.15, -0.1) is 0 Å². The van der Waals surface area contributed by atoms with E-state index in [1.54, 1.807) is 6.08 Å². The molecule has 3 N–H and O–H groups in total. The van der Waals surface area contributed by atoms with E-state index in [0.717, 1.165) is 38.5 Å². The molecule has 0 bridgehead atoms. The van der Waals surface area contributed by atoms with Crippen LogP contribution in [0.2, 0.25) is 0 Å². The van der Waals surface area contributed by atoms with Crippen molar-refractivity contribution in [3.63, 3.8) is 0 Å². The van der Waals surface area contributed by atoms with Gasteiger partial charge in [0.25, 0.3) is 0 Å². The van der Waals surface area contributed by atoms with E-state index >= 15 is 0 Å². The summed E-state index contributed by atoms with van der Waals surface area (Å²) in [5.74, 6) is -0.0753. The smallest absolute Gasteiger partial charge is 0.220 e. The van der Waals surface area contributed by atoms with Crippen LogP contribution in [-0.4, -0.2) is 34.9 Å². The van der Waals surface area contributed by atoms with Gasteiger partial charge in [0.1, 0.15) is 0 Å². The van der Waals surface area contributed by atoms with Gasteiger partial charge >= 0.3 is 0 Å². The Morgan fingerprint density at radius 1 is 0.434 bits per heavy atom. The van der Waals surface area contributed by atoms with Crippen LogP contribution in [0.4, 0.5) is 0 Å². The van der Waals surface area contributed by atoms with Crippen molar-refractivity contribution in [1.29, 1.82) is 0 Å². The largest absolute Gasteiger partial charge is 0.394 e. The number of aliphatic hydroxyl groups is 2. The molecule has 53 heavy (non-hydrogen) atoms. The number of hydrogen-bond donors (Lipinski definition) is 3. The normalized spacial score (nSPS) is 13.2. The fourth-order valence-electron chi connectivity index (χ4n) is 7.21. The lowest BCUT2D eigenvalue weighted by Gasteiger charge is -2.19. The van der Waals surface area contributed by atoms with Gasteiger partial charge in [0.15, 0.2) is 0 Å². The van der Waals surface area contributed by atoms with Gasteiger partial charge in [-0.25, -0.2) is 0 Å². The predicted octanol–water partition coefficient (Wildman–Crippen LogP) is 15.0. The van der Waals surface area contributed by atoms with Crippen molar-refractivity contribution in [2.45, 2.75) is 264 Å². The first-order chi connectivity index (χ1) is 26.2. The van der Waals surface area contributed by atoms with E-state index in [0.29, 0.717) is 6.42 Å². The predicted molar refractivity (Wildman–Crippen MR) is 235 cm³/mol. The van der Waals surface area contributed by atoms with Crippen molar-refractivity contribution in [2.75, 3.05) is 6.61 Å². The van der Waals surface area contributed by atoms with E-state index in [4.69, 9.17) is 0 Å². The molecule has 0 aromatic rings. The van der Waals surface area contributed by atoms with Crippen LogP contribution in [0.5, 0.6) is 0 Å². The Hall–Kier alpha value is -1.39. The summed E-state index contributed by atoms with van der Waals surface area (Å²) in [5.41, 5.74) is 0. The fourth-order valence-corrected chi connectivity index (χ4v) is 7.21. The topological polar surface area (TPSA) is 69.6 Å². The number of carbonyl (C=O) groups excluding carboxylic acids is 1. The first-order valence-electron chi connectivity index (χ1n) is 23.7. The van der Waals surface area contributed by atoms with Gasteiger partial charge in [-0.2, -0.15) is 0 Å². The summed E-state index contributed by atoms with van der Waals surface area (Å²) < 4.78 is 0. The van der Waals surface area contributed by atoms with Gasteiger partial charge in [-0.05, 0) is 44.9 Å². The number of hydrogen-bond acceptors (Lipinski definition) is 3. The molecule has 0 rings (SSSR count). The van der Waals surface area contributed by atoms with Gasteiger partial charge in [0.05, 0.1) is 18.8 Å². The van der Waals surface area contributed by atoms with Crippen molar-refractivity contribution < 1.29 is 15.0 Å². The zero-order chi connectivity index (χ0) is 38.6. The second-order valence-corrected chi connectivity index (χ2v) is 16.2. The standard InChI is InChI=1S/C49H93NO3/c1-3-5-7-9-11-13-15-17-18-19-20-21-22-23-24-25-26-27-28-29-30-31-33-35-37-39-41-43-45-49(53)50-47(46-51)48(52)44-42-40-38-36-34-32-16-14-12-10-8-6-4-2/h12,14,34,36,42,44,47-48,51-52H,3-11,13,15-33,35,37-41,43,45-46H2,1-2H3,(H,50,53)/b14-12+,36-34+,44-42+. The zero-order valence-electron chi connectivity index (χ0n) is 35.8. The maximum Gasteiger partial charge on any atom is 0.220 e. The molecule has 0 saturated carbocycles. The van der Waals surface area contributed by atoms with E-state index in [-0.39, 0.29) is 12.5 Å². The van der Waals surface area contributed by atoms with Crippen LogP contribution in [0.1, 0.15) is 251 Å². The van der Waals surface area contributed by atoms with Crippen LogP contribution in [0.25, 0.3) is 0 Å². The van der Waals surface area contributed by atoms with Crippen molar-refractivity contribution in [3.05, 3.63) is 36.5 Å². The maximum absolute atomic E-state index is 12.4. The van der Waals surface area contributed by atoms with Gasteiger partial charge in [0.2, 0.25) is 5.91 Å². The van der Waals surface area contributed by atoms with Crippen LogP contribution >= 0.6 is 0 Å². The Balaban J connectivity index is 3.47. The van der Waals surface area contributed by atoms with Crippen molar-refractivity contribution >= 4 is 5.91 Å². The minimum Gasteiger partial charge on any atom is -0.394 e. The molecule has 0 aliphatic carbocycles. The molecule has 0 aliphatic heterocycles. The molecular formula is C49H93NO3. The quantitative estimate of drug-likeness (QED) is 0.0430. The second-order valence-electron chi connectivity index (χ2n) is 16.2. The molecular weight excluding hydrogens is 651 g/mol. The van der Waals surface area contributed by atoms with Gasteiger partial charge in [-0.3, -0.25) is 4.79 Å². The molecule has 0 heterocycles. The van der Waals surface area contributed by atoms with Crippen LogP contribution in [-0.2, 0) is 4.79 Å². The molecule has 0 aliphatic rings. The highest BCUT2D eigenvalue weighted by atomic mass is 16.3. The second kappa shape index (κ2) is 45.0. The Kier molecular flexibility index (Phi) is 43.8. The summed E-state index contributed by atoms with van der Waals surface area (Å²) in [6.07, 6.45) is 59.9. The van der Waals surface area contributed by atoms with Crippen LogP contribution in [0.3, 0.4) is 0 Å². The molecule has 0 spiro atoms. The molecule has 1 amide bonds. The number of carbonyl (C=O) groups is 1. The lowest BCUT2D eigenvalue weighted by molar-refractivity contribution is -0.123. The van der Waals surface area contributed by atoms with Gasteiger partial charge < -0.3 is 15.5 Å². The lowest BCUT2D eigenvalue weighted by Crippen LogP contribution is -2.45. The average molecular weight is 744 g/mol. The summed E-state index contributed by atoms with van der Waals surface area (Å²) in [5, 5.41) is 23.0. The highest BCUT2D eigenvalue weighted by molar-refractivity contribution is 5.76. The third kappa shape index (κ3) is 41.6. The molecule has 0 saturated heterocycles. The molecule has 312 valence electrons. The van der Waals surface area contributed by atoms with Gasteiger partial charge in [-0.1, -0.05) is 237 Å². The summed E-state index contributed by atoms with van der Waals surface area (Å²) in [4.78, 5) is 12.4. The Bertz CT molecular complexity index is 806. The molecule has 2 atom stereocenters. The highest BCUT2D eigenvalue weighted by Gasteiger charge is 2.17.